The first-order valence-corrected chi connectivity index (χ1v) is 8.93. The van der Waals surface area contributed by atoms with Crippen molar-refractivity contribution in [3.8, 4) is 0 Å². The van der Waals surface area contributed by atoms with Crippen LogP contribution in [0.1, 0.15) is 50.1 Å². The van der Waals surface area contributed by atoms with Gasteiger partial charge in [0.05, 0.1) is 12.0 Å². The Morgan fingerprint density at radius 2 is 1.76 bits per heavy atom. The number of carbonyl (C=O) groups is 2. The van der Waals surface area contributed by atoms with Crippen LogP contribution in [0.3, 0.4) is 0 Å². The van der Waals surface area contributed by atoms with Gasteiger partial charge in [0.1, 0.15) is 0 Å². The number of carbonyl (C=O) groups excluding carboxylic acids is 2. The zero-order valence-corrected chi connectivity index (χ0v) is 15.5. The van der Waals surface area contributed by atoms with Crippen LogP contribution in [-0.4, -0.2) is 35.8 Å². The number of piperidine rings is 1. The molecule has 2 amide bonds. The highest BCUT2D eigenvalue weighted by Gasteiger charge is 2.39. The van der Waals surface area contributed by atoms with E-state index < -0.39 is 0 Å². The molecule has 0 spiro atoms. The Bertz CT molecular complexity index is 588. The number of nitrogens with zero attached hydrogens (tertiary/aromatic N) is 1. The molecule has 6 heteroatoms. The molecule has 1 aromatic carbocycles. The van der Waals surface area contributed by atoms with Crippen LogP contribution in [0.25, 0.3) is 0 Å². The van der Waals surface area contributed by atoms with E-state index in [1.807, 2.05) is 30.3 Å². The molecular weight excluding hydrogens is 338 g/mol. The lowest BCUT2D eigenvalue weighted by Crippen LogP contribution is -2.49. The maximum atomic E-state index is 12.9. The molecule has 138 valence electrons. The number of halogens is 1. The molecule has 1 saturated carbocycles. The summed E-state index contributed by atoms with van der Waals surface area (Å²) in [4.78, 5) is 26.8. The van der Waals surface area contributed by atoms with Gasteiger partial charge in [0, 0.05) is 25.6 Å². The molecule has 1 aliphatic heterocycles. The van der Waals surface area contributed by atoms with Gasteiger partial charge < -0.3 is 16.0 Å². The smallest absolute Gasteiger partial charge is 0.225 e. The Morgan fingerprint density at radius 3 is 2.40 bits per heavy atom. The second-order valence-corrected chi connectivity index (χ2v) is 7.13. The average Bonchev–Trinajstić information content (AvgIpc) is 2.60. The minimum absolute atomic E-state index is 0. The number of hydrogen-bond donors (Lipinski definition) is 2. The summed E-state index contributed by atoms with van der Waals surface area (Å²) in [6, 6.07) is 10.2. The summed E-state index contributed by atoms with van der Waals surface area (Å²) in [6.45, 7) is 0. The number of benzene rings is 1. The van der Waals surface area contributed by atoms with Crippen LogP contribution in [0.15, 0.2) is 30.3 Å². The van der Waals surface area contributed by atoms with E-state index in [1.165, 1.54) is 0 Å². The van der Waals surface area contributed by atoms with Crippen molar-refractivity contribution in [2.24, 2.45) is 11.7 Å². The van der Waals surface area contributed by atoms with Crippen molar-refractivity contribution < 1.29 is 9.59 Å². The van der Waals surface area contributed by atoms with E-state index >= 15 is 0 Å². The van der Waals surface area contributed by atoms with E-state index in [1.54, 1.807) is 11.9 Å². The molecule has 0 radical (unpaired) electrons. The summed E-state index contributed by atoms with van der Waals surface area (Å²) in [5.74, 6) is -0.00841. The first-order chi connectivity index (χ1) is 11.6. The van der Waals surface area contributed by atoms with Crippen molar-refractivity contribution >= 4 is 24.2 Å². The summed E-state index contributed by atoms with van der Waals surface area (Å²) >= 11 is 0. The zero-order valence-electron chi connectivity index (χ0n) is 14.7. The molecule has 0 bridgehead atoms. The third-order valence-electron chi connectivity index (χ3n) is 5.46. The number of rotatable bonds is 3. The molecule has 5 nitrogen and oxygen atoms in total. The van der Waals surface area contributed by atoms with Gasteiger partial charge >= 0.3 is 0 Å². The Hall–Kier alpha value is -1.59. The van der Waals surface area contributed by atoms with Gasteiger partial charge in [-0.2, -0.15) is 0 Å². The Balaban J connectivity index is 0.00000225. The van der Waals surface area contributed by atoms with E-state index in [0.29, 0.717) is 12.8 Å². The molecule has 1 heterocycles. The highest BCUT2D eigenvalue weighted by molar-refractivity contribution is 5.85. The van der Waals surface area contributed by atoms with Gasteiger partial charge in [-0.3, -0.25) is 9.59 Å². The molecule has 2 fully saturated rings. The molecule has 3 N–H and O–H groups in total. The molecule has 1 aromatic rings. The highest BCUT2D eigenvalue weighted by Crippen LogP contribution is 2.36. The van der Waals surface area contributed by atoms with Gasteiger partial charge in [-0.15, -0.1) is 12.4 Å². The highest BCUT2D eigenvalue weighted by atomic mass is 35.5. The van der Waals surface area contributed by atoms with Crippen LogP contribution in [-0.2, 0) is 9.59 Å². The first kappa shape index (κ1) is 19.7. The Labute approximate surface area is 155 Å². The van der Waals surface area contributed by atoms with E-state index in [2.05, 4.69) is 5.32 Å². The van der Waals surface area contributed by atoms with Crippen LogP contribution in [0.5, 0.6) is 0 Å². The second kappa shape index (κ2) is 8.68. The monoisotopic (exact) mass is 365 g/mol. The lowest BCUT2D eigenvalue weighted by molar-refractivity contribution is -0.142. The zero-order chi connectivity index (χ0) is 17.1. The SMILES string of the molecule is CN1C(=O)CCC(C(=O)NC2CCC(N)CC2)C1c1ccccc1.Cl. The maximum absolute atomic E-state index is 12.9. The minimum atomic E-state index is -0.189. The van der Waals surface area contributed by atoms with Gasteiger partial charge in [0.25, 0.3) is 0 Å². The summed E-state index contributed by atoms with van der Waals surface area (Å²) < 4.78 is 0. The largest absolute Gasteiger partial charge is 0.353 e. The fraction of sp³-hybridized carbons (Fsp3) is 0.579. The van der Waals surface area contributed by atoms with Crippen LogP contribution in [0, 0.1) is 5.92 Å². The van der Waals surface area contributed by atoms with E-state index in [9.17, 15) is 9.59 Å². The lowest BCUT2D eigenvalue weighted by Gasteiger charge is -2.39. The fourth-order valence-corrected chi connectivity index (χ4v) is 3.99. The molecule has 1 aliphatic carbocycles. The average molecular weight is 366 g/mol. The molecule has 25 heavy (non-hydrogen) atoms. The van der Waals surface area contributed by atoms with E-state index in [-0.39, 0.29) is 48.3 Å². The van der Waals surface area contributed by atoms with Crippen LogP contribution >= 0.6 is 12.4 Å². The molecular formula is C19H28ClN3O2. The standard InChI is InChI=1S/C19H27N3O2.ClH/c1-22-17(23)12-11-16(18(22)13-5-3-2-4-6-13)19(24)21-15-9-7-14(20)8-10-15;/h2-6,14-16,18H,7-12,20H2,1H3,(H,21,24);1H. The molecule has 3 rings (SSSR count). The van der Waals surface area contributed by atoms with Crippen molar-refractivity contribution in [2.45, 2.75) is 56.7 Å². The number of nitrogens with two attached hydrogens (primary N) is 1. The van der Waals surface area contributed by atoms with E-state index in [0.717, 1.165) is 31.2 Å². The molecule has 2 aliphatic rings. The summed E-state index contributed by atoms with van der Waals surface area (Å²) in [5, 5.41) is 3.21. The first-order valence-electron chi connectivity index (χ1n) is 8.93. The van der Waals surface area contributed by atoms with Crippen LogP contribution in [0.4, 0.5) is 0 Å². The lowest BCUT2D eigenvalue weighted by atomic mass is 9.83. The fourth-order valence-electron chi connectivity index (χ4n) is 3.99. The van der Waals surface area contributed by atoms with Crippen LogP contribution in [0.2, 0.25) is 0 Å². The predicted molar refractivity (Wildman–Crippen MR) is 100 cm³/mol. The maximum Gasteiger partial charge on any atom is 0.225 e. The Morgan fingerprint density at radius 1 is 1.12 bits per heavy atom. The summed E-state index contributed by atoms with van der Waals surface area (Å²) in [6.07, 6.45) is 4.88. The topological polar surface area (TPSA) is 75.4 Å². The number of nitrogens with one attached hydrogen (secondary N) is 1. The third-order valence-corrected chi connectivity index (χ3v) is 5.46. The minimum Gasteiger partial charge on any atom is -0.353 e. The van der Waals surface area contributed by atoms with Gasteiger partial charge in [-0.05, 0) is 37.7 Å². The molecule has 2 unspecified atom stereocenters. The number of likely N-dealkylation sites (tertiary alicyclic amines) is 1. The quantitative estimate of drug-likeness (QED) is 0.863. The van der Waals surface area contributed by atoms with Gasteiger partial charge in [-0.1, -0.05) is 30.3 Å². The predicted octanol–water partition coefficient (Wildman–Crippen LogP) is 2.40. The van der Waals surface area contributed by atoms with Crippen molar-refractivity contribution in [3.63, 3.8) is 0 Å². The number of amides is 2. The number of hydrogen-bond acceptors (Lipinski definition) is 3. The molecule has 2 atom stereocenters. The van der Waals surface area contributed by atoms with E-state index in [4.69, 9.17) is 5.73 Å². The summed E-state index contributed by atoms with van der Waals surface area (Å²) in [5.41, 5.74) is 6.97. The third kappa shape index (κ3) is 4.53. The van der Waals surface area contributed by atoms with Crippen molar-refractivity contribution in [1.29, 1.82) is 0 Å². The molecule has 0 aromatic heterocycles. The van der Waals surface area contributed by atoms with Crippen molar-refractivity contribution in [1.82, 2.24) is 10.2 Å². The normalized spacial score (nSPS) is 29.7. The second-order valence-electron chi connectivity index (χ2n) is 7.13. The van der Waals surface area contributed by atoms with Crippen molar-refractivity contribution in [2.75, 3.05) is 7.05 Å². The Kier molecular flexibility index (Phi) is 6.85. The van der Waals surface area contributed by atoms with Crippen LogP contribution < -0.4 is 11.1 Å². The van der Waals surface area contributed by atoms with Crippen molar-refractivity contribution in [3.05, 3.63) is 35.9 Å². The van der Waals surface area contributed by atoms with Gasteiger partial charge in [0.2, 0.25) is 11.8 Å². The summed E-state index contributed by atoms with van der Waals surface area (Å²) in [7, 11) is 1.80. The van der Waals surface area contributed by atoms with Gasteiger partial charge in [0.15, 0.2) is 0 Å². The van der Waals surface area contributed by atoms with Gasteiger partial charge in [-0.25, -0.2) is 0 Å². The molecule has 1 saturated heterocycles.